The van der Waals surface area contributed by atoms with Gasteiger partial charge in [-0.15, -0.1) is 12.6 Å². The van der Waals surface area contributed by atoms with Gasteiger partial charge in [-0.1, -0.05) is 39.0 Å². The monoisotopic (exact) mass is 518 g/mol. The second kappa shape index (κ2) is 13.9. The lowest BCUT2D eigenvalue weighted by molar-refractivity contribution is 0.102. The molecule has 196 valence electrons. The molecule has 1 aliphatic rings. The lowest BCUT2D eigenvalue weighted by Crippen LogP contribution is -2.16. The number of likely N-dealkylation sites (tertiary alicyclic amines) is 1. The van der Waals surface area contributed by atoms with Crippen molar-refractivity contribution in [1.29, 1.82) is 0 Å². The number of carbonyl (C=O) groups excluding carboxylic acids is 1. The van der Waals surface area contributed by atoms with Gasteiger partial charge in [0, 0.05) is 22.7 Å². The van der Waals surface area contributed by atoms with Crippen LogP contribution in [0.3, 0.4) is 0 Å². The van der Waals surface area contributed by atoms with Gasteiger partial charge < -0.3 is 20.3 Å². The summed E-state index contributed by atoms with van der Waals surface area (Å²) in [5, 5.41) is 6.16. The van der Waals surface area contributed by atoms with E-state index in [0.29, 0.717) is 17.3 Å². The van der Waals surface area contributed by atoms with Crippen molar-refractivity contribution in [2.75, 3.05) is 37.9 Å². The molecule has 1 heterocycles. The molecule has 0 spiro atoms. The Morgan fingerprint density at radius 3 is 2.51 bits per heavy atom. The Balaban J connectivity index is 0.00000186. The second-order valence-corrected chi connectivity index (χ2v) is 9.25. The van der Waals surface area contributed by atoms with Gasteiger partial charge in [-0.3, -0.25) is 9.79 Å². The van der Waals surface area contributed by atoms with E-state index in [0.717, 1.165) is 53.4 Å². The van der Waals surface area contributed by atoms with Crippen molar-refractivity contribution in [1.82, 2.24) is 4.90 Å². The zero-order valence-electron chi connectivity index (χ0n) is 22.4. The first kappa shape index (κ1) is 28.3. The van der Waals surface area contributed by atoms with E-state index in [-0.39, 0.29) is 5.91 Å². The number of benzene rings is 3. The summed E-state index contributed by atoms with van der Waals surface area (Å²) in [6.07, 6.45) is 3.72. The molecule has 1 aliphatic heterocycles. The Morgan fingerprint density at radius 1 is 1.14 bits per heavy atom. The van der Waals surface area contributed by atoms with Crippen LogP contribution in [0.2, 0.25) is 0 Å². The maximum absolute atomic E-state index is 12.8. The fraction of sp³-hybridized carbons (Fsp3) is 0.333. The van der Waals surface area contributed by atoms with Crippen LogP contribution >= 0.6 is 12.6 Å². The summed E-state index contributed by atoms with van der Waals surface area (Å²) in [7, 11) is 3.78. The van der Waals surface area contributed by atoms with Gasteiger partial charge >= 0.3 is 0 Å². The van der Waals surface area contributed by atoms with Crippen LogP contribution in [0.4, 0.5) is 11.4 Å². The molecule has 1 atom stereocenters. The van der Waals surface area contributed by atoms with Crippen LogP contribution in [0, 0.1) is 0 Å². The molecule has 1 fully saturated rings. The van der Waals surface area contributed by atoms with Gasteiger partial charge in [0.2, 0.25) is 0 Å². The number of methoxy groups -OCH3 is 1. The molecule has 0 bridgehead atoms. The van der Waals surface area contributed by atoms with Crippen molar-refractivity contribution in [2.24, 2.45) is 4.99 Å². The quantitative estimate of drug-likeness (QED) is 0.178. The fourth-order valence-electron chi connectivity index (χ4n) is 4.25. The predicted molar refractivity (Wildman–Crippen MR) is 159 cm³/mol. The molecule has 4 rings (SSSR count). The molecular formula is C30H38N4O2S. The van der Waals surface area contributed by atoms with E-state index in [1.807, 2.05) is 62.4 Å². The standard InChI is InChI=1S/C28H32N4O2S.C2H6/c1-4-19-15-24(34-3)10-11-25(19)20-5-7-21(8-6-20)28(33)31-22-9-12-26(27(35)16-22)30-18-29-23-13-14-32(2)17-23;1-2/h5-12,15-16,18,23,35H,4,13-14,17H2,1-3H3,(H,29,30)(H,31,33);1-2H3. The number of ether oxygens (including phenoxy) is 1. The molecule has 3 aromatic rings. The number of nitrogens with zero attached hydrogens (tertiary/aromatic N) is 2. The van der Waals surface area contributed by atoms with Crippen LogP contribution < -0.4 is 15.4 Å². The highest BCUT2D eigenvalue weighted by Crippen LogP contribution is 2.29. The number of thiol groups is 1. The zero-order chi connectivity index (χ0) is 26.8. The van der Waals surface area contributed by atoms with E-state index in [1.54, 1.807) is 13.4 Å². The molecule has 1 amide bonds. The van der Waals surface area contributed by atoms with Crippen molar-refractivity contribution in [2.45, 2.75) is 44.6 Å². The molecule has 37 heavy (non-hydrogen) atoms. The average molecular weight is 519 g/mol. The van der Waals surface area contributed by atoms with Gasteiger partial charge in [0.25, 0.3) is 5.91 Å². The van der Waals surface area contributed by atoms with Gasteiger partial charge in [-0.25, -0.2) is 0 Å². The Kier molecular flexibility index (Phi) is 10.6. The van der Waals surface area contributed by atoms with Crippen molar-refractivity contribution < 1.29 is 9.53 Å². The lowest BCUT2D eigenvalue weighted by Gasteiger charge is -2.12. The number of aryl methyl sites for hydroxylation is 1. The molecule has 1 saturated heterocycles. The molecule has 2 N–H and O–H groups in total. The fourth-order valence-corrected chi connectivity index (χ4v) is 4.53. The largest absolute Gasteiger partial charge is 0.497 e. The van der Waals surface area contributed by atoms with Crippen LogP contribution in [0.1, 0.15) is 43.1 Å². The zero-order valence-corrected chi connectivity index (χ0v) is 23.3. The maximum Gasteiger partial charge on any atom is 0.255 e. The first-order chi connectivity index (χ1) is 18.0. The molecule has 0 saturated carbocycles. The lowest BCUT2D eigenvalue weighted by atomic mass is 9.97. The maximum atomic E-state index is 12.8. The number of nitrogens with one attached hydrogen (secondary N) is 2. The summed E-state index contributed by atoms with van der Waals surface area (Å²) in [5.41, 5.74) is 5.55. The van der Waals surface area contributed by atoms with E-state index in [9.17, 15) is 4.79 Å². The first-order valence-corrected chi connectivity index (χ1v) is 13.3. The number of aliphatic imine (C=N–C) groups is 1. The highest BCUT2D eigenvalue weighted by atomic mass is 32.1. The molecule has 0 aromatic heterocycles. The second-order valence-electron chi connectivity index (χ2n) is 8.77. The summed E-state index contributed by atoms with van der Waals surface area (Å²) in [4.78, 5) is 20.4. The minimum atomic E-state index is -0.164. The van der Waals surface area contributed by atoms with Crippen LogP contribution in [-0.4, -0.2) is 50.4 Å². The summed E-state index contributed by atoms with van der Waals surface area (Å²) in [5.74, 6) is 0.683. The summed E-state index contributed by atoms with van der Waals surface area (Å²) in [6.45, 7) is 8.19. The minimum absolute atomic E-state index is 0.164. The number of carbonyl (C=O) groups is 1. The van der Waals surface area contributed by atoms with E-state index in [4.69, 9.17) is 4.74 Å². The number of rotatable bonds is 8. The average Bonchev–Trinajstić information content (AvgIpc) is 3.35. The molecule has 0 aliphatic carbocycles. The summed E-state index contributed by atoms with van der Waals surface area (Å²) >= 11 is 4.57. The number of anilines is 2. The molecule has 1 unspecified atom stereocenters. The number of amides is 1. The van der Waals surface area contributed by atoms with Crippen molar-refractivity contribution in [3.63, 3.8) is 0 Å². The van der Waals surface area contributed by atoms with Gasteiger partial charge in [0.1, 0.15) is 5.75 Å². The molecule has 3 aromatic carbocycles. The van der Waals surface area contributed by atoms with Crippen LogP contribution in [0.5, 0.6) is 5.75 Å². The van der Waals surface area contributed by atoms with E-state index >= 15 is 0 Å². The molecule has 7 heteroatoms. The van der Waals surface area contributed by atoms with Gasteiger partial charge in [0.15, 0.2) is 0 Å². The number of hydrogen-bond donors (Lipinski definition) is 3. The van der Waals surface area contributed by atoms with Crippen LogP contribution in [0.25, 0.3) is 11.1 Å². The van der Waals surface area contributed by atoms with Gasteiger partial charge in [0.05, 0.1) is 25.2 Å². The van der Waals surface area contributed by atoms with E-state index < -0.39 is 0 Å². The smallest absolute Gasteiger partial charge is 0.255 e. The third kappa shape index (κ3) is 7.60. The Labute approximate surface area is 226 Å². The van der Waals surface area contributed by atoms with Gasteiger partial charge in [-0.05, 0) is 85.6 Å². The van der Waals surface area contributed by atoms with E-state index in [2.05, 4.69) is 59.3 Å². The molecule has 0 radical (unpaired) electrons. The Morgan fingerprint density at radius 2 is 1.89 bits per heavy atom. The SMILES string of the molecule is CC.CCc1cc(OC)ccc1-c1ccc(C(=O)Nc2ccc(NC=NC3CCN(C)C3)c(S)c2)cc1. The van der Waals surface area contributed by atoms with Crippen LogP contribution in [0.15, 0.2) is 70.6 Å². The Hall–Kier alpha value is -3.29. The number of likely N-dealkylation sites (N-methyl/N-ethyl adjacent to an activating group) is 1. The highest BCUT2D eigenvalue weighted by molar-refractivity contribution is 7.80. The Bertz CT molecular complexity index is 1210. The van der Waals surface area contributed by atoms with Crippen LogP contribution in [-0.2, 0) is 6.42 Å². The third-order valence-electron chi connectivity index (χ3n) is 6.28. The normalized spacial score (nSPS) is 15.2. The third-order valence-corrected chi connectivity index (χ3v) is 6.65. The summed E-state index contributed by atoms with van der Waals surface area (Å²) in [6, 6.07) is 19.7. The van der Waals surface area contributed by atoms with Crippen molar-refractivity contribution >= 4 is 36.2 Å². The first-order valence-electron chi connectivity index (χ1n) is 12.8. The minimum Gasteiger partial charge on any atom is -0.497 e. The van der Waals surface area contributed by atoms with Crippen molar-refractivity contribution in [3.8, 4) is 16.9 Å². The predicted octanol–water partition coefficient (Wildman–Crippen LogP) is 6.64. The van der Waals surface area contributed by atoms with E-state index in [1.165, 1.54) is 5.56 Å². The number of hydrogen-bond acceptors (Lipinski definition) is 5. The van der Waals surface area contributed by atoms with Crippen molar-refractivity contribution in [3.05, 3.63) is 71.8 Å². The van der Waals surface area contributed by atoms with Gasteiger partial charge in [-0.2, -0.15) is 0 Å². The topological polar surface area (TPSA) is 66.0 Å². The molecule has 6 nitrogen and oxygen atoms in total. The highest BCUT2D eigenvalue weighted by Gasteiger charge is 2.17. The summed E-state index contributed by atoms with van der Waals surface area (Å²) < 4.78 is 5.34. The molecular weight excluding hydrogens is 480 g/mol.